The third-order valence-corrected chi connectivity index (χ3v) is 4.31. The molecule has 0 radical (unpaired) electrons. The van der Waals surface area contributed by atoms with Crippen LogP contribution in [0.4, 0.5) is 23.4 Å². The molecule has 0 saturated heterocycles. The minimum atomic E-state index is -4.41. The molecule has 0 unspecified atom stereocenters. The molecule has 0 aliphatic carbocycles. The maximum Gasteiger partial charge on any atom is 0.411 e. The number of nitrogens with one attached hydrogen (secondary N) is 1. The van der Waals surface area contributed by atoms with Gasteiger partial charge < -0.3 is 10.1 Å². The number of nitrogens with zero attached hydrogens (tertiary/aromatic N) is 2. The van der Waals surface area contributed by atoms with E-state index >= 15 is 0 Å². The first-order valence-corrected chi connectivity index (χ1v) is 9.09. The number of hydrogen-bond donors (Lipinski definition) is 1. The van der Waals surface area contributed by atoms with E-state index in [1.807, 2.05) is 0 Å². The molecule has 158 valence electrons. The number of benzene rings is 2. The van der Waals surface area contributed by atoms with Crippen molar-refractivity contribution in [3.63, 3.8) is 0 Å². The van der Waals surface area contributed by atoms with Crippen LogP contribution in [0.25, 0.3) is 0 Å². The molecule has 1 aromatic heterocycles. The smallest absolute Gasteiger partial charge is 0.367 e. The van der Waals surface area contributed by atoms with E-state index in [4.69, 9.17) is 11.6 Å². The van der Waals surface area contributed by atoms with E-state index in [9.17, 15) is 22.4 Å². The van der Waals surface area contributed by atoms with Crippen molar-refractivity contribution >= 4 is 23.3 Å². The van der Waals surface area contributed by atoms with Gasteiger partial charge in [-0.15, -0.1) is 0 Å². The second-order valence-electron chi connectivity index (χ2n) is 6.40. The fourth-order valence-corrected chi connectivity index (χ4v) is 2.84. The number of hydrogen-bond acceptors (Lipinski definition) is 3. The monoisotopic (exact) mass is 441 g/mol. The Kier molecular flexibility index (Phi) is 6.73. The Labute approximate surface area is 174 Å². The Morgan fingerprint density at radius 3 is 2.70 bits per heavy atom. The molecule has 1 amide bonds. The summed E-state index contributed by atoms with van der Waals surface area (Å²) in [6.07, 6.45) is -2.79. The quantitative estimate of drug-likeness (QED) is 0.522. The molecule has 0 bridgehead atoms. The SMILES string of the molecule is O=C(Nc1ccn(Cc2ccc(F)cc2Cl)n1)c1cccc(COCC(F)(F)F)c1. The standard InChI is InChI=1S/C20H16ClF4N3O2/c21-17-9-16(22)5-4-15(17)10-28-7-6-18(27-28)26-19(29)14-3-1-2-13(8-14)11-30-12-20(23,24)25/h1-9H,10-12H2,(H,26,27,29). The van der Waals surface area contributed by atoms with E-state index in [1.54, 1.807) is 30.5 Å². The van der Waals surface area contributed by atoms with Gasteiger partial charge in [0.25, 0.3) is 5.91 Å². The molecule has 30 heavy (non-hydrogen) atoms. The lowest BCUT2D eigenvalue weighted by Gasteiger charge is -2.09. The average Bonchev–Trinajstić information content (AvgIpc) is 3.10. The average molecular weight is 442 g/mol. The van der Waals surface area contributed by atoms with Gasteiger partial charge in [0.1, 0.15) is 12.4 Å². The van der Waals surface area contributed by atoms with Crippen molar-refractivity contribution in [1.29, 1.82) is 0 Å². The first-order chi connectivity index (χ1) is 14.2. The van der Waals surface area contributed by atoms with Gasteiger partial charge in [-0.3, -0.25) is 9.48 Å². The Balaban J connectivity index is 1.60. The molecule has 10 heteroatoms. The lowest BCUT2D eigenvalue weighted by atomic mass is 10.1. The Bertz CT molecular complexity index is 1040. The third kappa shape index (κ3) is 6.30. The zero-order valence-electron chi connectivity index (χ0n) is 15.4. The lowest BCUT2D eigenvalue weighted by Crippen LogP contribution is -2.17. The number of alkyl halides is 3. The number of carbonyl (C=O) groups excluding carboxylic acids is 1. The van der Waals surface area contributed by atoms with Crippen LogP contribution in [0.5, 0.6) is 0 Å². The predicted octanol–water partition coefficient (Wildman–Crippen LogP) is 5.06. The summed E-state index contributed by atoms with van der Waals surface area (Å²) in [5, 5.41) is 7.09. The second-order valence-corrected chi connectivity index (χ2v) is 6.80. The number of ether oxygens (including phenoxy) is 1. The van der Waals surface area contributed by atoms with Crippen LogP contribution in [0.2, 0.25) is 5.02 Å². The largest absolute Gasteiger partial charge is 0.411 e. The predicted molar refractivity (Wildman–Crippen MR) is 103 cm³/mol. The van der Waals surface area contributed by atoms with E-state index in [2.05, 4.69) is 15.2 Å². The maximum atomic E-state index is 13.1. The van der Waals surface area contributed by atoms with Crippen LogP contribution in [0.1, 0.15) is 21.5 Å². The van der Waals surface area contributed by atoms with Crippen molar-refractivity contribution in [3.8, 4) is 0 Å². The fraction of sp³-hybridized carbons (Fsp3) is 0.200. The van der Waals surface area contributed by atoms with Crippen LogP contribution in [-0.4, -0.2) is 28.5 Å². The molecular formula is C20H16ClF4N3O2. The van der Waals surface area contributed by atoms with E-state index < -0.39 is 24.5 Å². The highest BCUT2D eigenvalue weighted by atomic mass is 35.5. The van der Waals surface area contributed by atoms with Crippen LogP contribution >= 0.6 is 11.6 Å². The summed E-state index contributed by atoms with van der Waals surface area (Å²) < 4.78 is 55.8. The summed E-state index contributed by atoms with van der Waals surface area (Å²) in [6.45, 7) is -1.35. The van der Waals surface area contributed by atoms with Crippen molar-refractivity contribution in [1.82, 2.24) is 9.78 Å². The van der Waals surface area contributed by atoms with Crippen molar-refractivity contribution in [2.24, 2.45) is 0 Å². The second kappa shape index (κ2) is 9.27. The van der Waals surface area contributed by atoms with Gasteiger partial charge in [-0.1, -0.05) is 29.8 Å². The molecule has 1 heterocycles. The Hall–Kier alpha value is -2.91. The van der Waals surface area contributed by atoms with E-state index in [-0.39, 0.29) is 29.6 Å². The molecule has 1 N–H and O–H groups in total. The van der Waals surface area contributed by atoms with Crippen LogP contribution in [0.3, 0.4) is 0 Å². The summed E-state index contributed by atoms with van der Waals surface area (Å²) in [7, 11) is 0. The topological polar surface area (TPSA) is 56.2 Å². The van der Waals surface area contributed by atoms with E-state index in [1.165, 1.54) is 28.9 Å². The molecule has 0 saturated carbocycles. The Morgan fingerprint density at radius 1 is 1.17 bits per heavy atom. The van der Waals surface area contributed by atoms with Crippen LogP contribution in [0.15, 0.2) is 54.7 Å². The normalized spacial score (nSPS) is 11.5. The van der Waals surface area contributed by atoms with Gasteiger partial charge in [0, 0.05) is 22.8 Å². The van der Waals surface area contributed by atoms with E-state index in [0.717, 1.165) is 0 Å². The fourth-order valence-electron chi connectivity index (χ4n) is 2.62. The van der Waals surface area contributed by atoms with Crippen molar-refractivity contribution < 1.29 is 27.1 Å². The molecule has 5 nitrogen and oxygen atoms in total. The summed E-state index contributed by atoms with van der Waals surface area (Å²) >= 11 is 6.00. The molecular weight excluding hydrogens is 426 g/mol. The number of carbonyl (C=O) groups is 1. The summed E-state index contributed by atoms with van der Waals surface area (Å²) in [6, 6.07) is 11.7. The summed E-state index contributed by atoms with van der Waals surface area (Å²) in [5.74, 6) is -0.641. The first-order valence-electron chi connectivity index (χ1n) is 8.72. The third-order valence-electron chi connectivity index (χ3n) is 3.95. The van der Waals surface area contributed by atoms with Gasteiger partial charge in [-0.05, 0) is 35.4 Å². The van der Waals surface area contributed by atoms with Crippen molar-refractivity contribution in [2.45, 2.75) is 19.3 Å². The molecule has 0 spiro atoms. The van der Waals surface area contributed by atoms with Gasteiger partial charge in [0.15, 0.2) is 5.82 Å². The van der Waals surface area contributed by atoms with Gasteiger partial charge in [-0.2, -0.15) is 18.3 Å². The van der Waals surface area contributed by atoms with E-state index in [0.29, 0.717) is 11.1 Å². The molecule has 0 fully saturated rings. The lowest BCUT2D eigenvalue weighted by molar-refractivity contribution is -0.176. The molecule has 3 aromatic rings. The van der Waals surface area contributed by atoms with Crippen LogP contribution in [0, 0.1) is 5.82 Å². The minimum absolute atomic E-state index is 0.249. The number of anilines is 1. The maximum absolute atomic E-state index is 13.1. The van der Waals surface area contributed by atoms with Crippen molar-refractivity contribution in [3.05, 3.63) is 82.3 Å². The van der Waals surface area contributed by atoms with Crippen molar-refractivity contribution in [2.75, 3.05) is 11.9 Å². The highest BCUT2D eigenvalue weighted by Crippen LogP contribution is 2.19. The molecule has 3 rings (SSSR count). The van der Waals surface area contributed by atoms with Gasteiger partial charge >= 0.3 is 6.18 Å². The molecule has 0 aliphatic rings. The molecule has 0 aliphatic heterocycles. The highest BCUT2D eigenvalue weighted by Gasteiger charge is 2.27. The van der Waals surface area contributed by atoms with Crippen LogP contribution in [-0.2, 0) is 17.9 Å². The summed E-state index contributed by atoms with van der Waals surface area (Å²) in [4.78, 5) is 12.4. The molecule has 0 atom stereocenters. The van der Waals surface area contributed by atoms with Gasteiger partial charge in [0.2, 0.25) is 0 Å². The molecule has 2 aromatic carbocycles. The van der Waals surface area contributed by atoms with Crippen LogP contribution < -0.4 is 5.32 Å². The first kappa shape index (κ1) is 21.8. The zero-order valence-corrected chi connectivity index (χ0v) is 16.2. The van der Waals surface area contributed by atoms with Gasteiger partial charge in [-0.25, -0.2) is 4.39 Å². The Morgan fingerprint density at radius 2 is 1.97 bits per heavy atom. The zero-order chi connectivity index (χ0) is 21.7. The number of aromatic nitrogens is 2. The number of halogens is 5. The summed E-state index contributed by atoms with van der Waals surface area (Å²) in [5.41, 5.74) is 1.34. The minimum Gasteiger partial charge on any atom is -0.367 e. The number of amides is 1. The number of rotatable bonds is 7. The van der Waals surface area contributed by atoms with Gasteiger partial charge in [0.05, 0.1) is 13.2 Å². The highest BCUT2D eigenvalue weighted by molar-refractivity contribution is 6.31.